The van der Waals surface area contributed by atoms with Gasteiger partial charge >= 0.3 is 5.97 Å². The van der Waals surface area contributed by atoms with Crippen LogP contribution in [0.15, 0.2) is 78.2 Å². The van der Waals surface area contributed by atoms with E-state index in [4.69, 9.17) is 4.74 Å². The molecule has 0 aliphatic heterocycles. The summed E-state index contributed by atoms with van der Waals surface area (Å²) in [5, 5.41) is 1.34. The number of carbonyl (C=O) groups excluding carboxylic acids is 1. The average molecular weight is 404 g/mol. The summed E-state index contributed by atoms with van der Waals surface area (Å²) in [6, 6.07) is 20.2. The molecule has 2 aromatic heterocycles. The van der Waals surface area contributed by atoms with Crippen molar-refractivity contribution < 1.29 is 9.53 Å². The first kappa shape index (κ1) is 19.2. The van der Waals surface area contributed by atoms with Crippen molar-refractivity contribution in [2.45, 2.75) is 24.1 Å². The van der Waals surface area contributed by atoms with Crippen molar-refractivity contribution in [3.8, 4) is 16.8 Å². The molecule has 0 unspecified atom stereocenters. The number of thioether (sulfide) groups is 1. The minimum absolute atomic E-state index is 0.243. The largest absolute Gasteiger partial charge is 0.465 e. The van der Waals surface area contributed by atoms with E-state index in [-0.39, 0.29) is 11.2 Å². The predicted octanol–water partition coefficient (Wildman–Crippen LogP) is 5.13. The SMILES string of the molecule is CCOC(=O)[C@H](C)Sc1ncnc2c1c(-c1ccccc1)cn2-c1ccccc1. The van der Waals surface area contributed by atoms with Crippen LogP contribution in [-0.4, -0.2) is 32.4 Å². The van der Waals surface area contributed by atoms with Gasteiger partial charge in [0.15, 0.2) is 0 Å². The highest BCUT2D eigenvalue weighted by molar-refractivity contribution is 8.00. The van der Waals surface area contributed by atoms with E-state index in [2.05, 4.69) is 32.9 Å². The van der Waals surface area contributed by atoms with Crippen molar-refractivity contribution in [2.75, 3.05) is 6.61 Å². The number of ether oxygens (including phenoxy) is 1. The van der Waals surface area contributed by atoms with Crippen LogP contribution in [0.4, 0.5) is 0 Å². The molecule has 5 nitrogen and oxygen atoms in total. The third-order valence-electron chi connectivity index (χ3n) is 4.57. The molecule has 2 heterocycles. The number of aromatic nitrogens is 3. The van der Waals surface area contributed by atoms with Crippen LogP contribution in [0.25, 0.3) is 27.8 Å². The zero-order valence-electron chi connectivity index (χ0n) is 16.3. The van der Waals surface area contributed by atoms with E-state index in [0.717, 1.165) is 32.9 Å². The summed E-state index contributed by atoms with van der Waals surface area (Å²) in [6.45, 7) is 4.02. The average Bonchev–Trinajstić information content (AvgIpc) is 3.16. The van der Waals surface area contributed by atoms with E-state index in [0.29, 0.717) is 6.61 Å². The zero-order valence-corrected chi connectivity index (χ0v) is 17.1. The normalized spacial score (nSPS) is 12.1. The van der Waals surface area contributed by atoms with E-state index in [9.17, 15) is 4.79 Å². The van der Waals surface area contributed by atoms with Crippen LogP contribution >= 0.6 is 11.8 Å². The molecule has 4 aromatic rings. The Kier molecular flexibility index (Phi) is 5.62. The molecular formula is C23H21N3O2S. The van der Waals surface area contributed by atoms with Crippen LogP contribution in [0.1, 0.15) is 13.8 Å². The van der Waals surface area contributed by atoms with Crippen LogP contribution in [0, 0.1) is 0 Å². The lowest BCUT2D eigenvalue weighted by Crippen LogP contribution is -2.16. The van der Waals surface area contributed by atoms with Crippen molar-refractivity contribution in [3.05, 3.63) is 73.2 Å². The summed E-state index contributed by atoms with van der Waals surface area (Å²) in [7, 11) is 0. The summed E-state index contributed by atoms with van der Waals surface area (Å²) in [5.74, 6) is -0.243. The van der Waals surface area contributed by atoms with E-state index in [1.165, 1.54) is 11.8 Å². The Hall–Kier alpha value is -3.12. The zero-order chi connectivity index (χ0) is 20.2. The molecule has 4 rings (SSSR count). The first-order chi connectivity index (χ1) is 14.2. The number of fused-ring (bicyclic) bond motifs is 1. The molecular weight excluding hydrogens is 382 g/mol. The number of rotatable bonds is 6. The van der Waals surface area contributed by atoms with Crippen LogP contribution < -0.4 is 0 Å². The number of hydrogen-bond acceptors (Lipinski definition) is 5. The quantitative estimate of drug-likeness (QED) is 0.254. The summed E-state index contributed by atoms with van der Waals surface area (Å²) < 4.78 is 7.24. The van der Waals surface area contributed by atoms with Crippen LogP contribution in [0.5, 0.6) is 0 Å². The molecule has 29 heavy (non-hydrogen) atoms. The molecule has 0 aliphatic carbocycles. The molecule has 0 saturated heterocycles. The van der Waals surface area contributed by atoms with E-state index in [1.807, 2.05) is 62.4 Å². The monoisotopic (exact) mass is 403 g/mol. The van der Waals surface area contributed by atoms with E-state index in [1.54, 1.807) is 6.33 Å². The fraction of sp³-hybridized carbons (Fsp3) is 0.174. The molecule has 6 heteroatoms. The van der Waals surface area contributed by atoms with Gasteiger partial charge in [0.1, 0.15) is 22.3 Å². The fourth-order valence-electron chi connectivity index (χ4n) is 3.22. The second-order valence-corrected chi connectivity index (χ2v) is 7.83. The Labute approximate surface area is 173 Å². The summed E-state index contributed by atoms with van der Waals surface area (Å²) in [4.78, 5) is 21.3. The summed E-state index contributed by atoms with van der Waals surface area (Å²) >= 11 is 1.40. The van der Waals surface area contributed by atoms with Gasteiger partial charge in [0, 0.05) is 17.4 Å². The maximum atomic E-state index is 12.2. The molecule has 0 saturated carbocycles. The van der Waals surface area contributed by atoms with Gasteiger partial charge in [-0.25, -0.2) is 9.97 Å². The Morgan fingerprint density at radius 3 is 2.45 bits per heavy atom. The van der Waals surface area contributed by atoms with Gasteiger partial charge < -0.3 is 9.30 Å². The highest BCUT2D eigenvalue weighted by Crippen LogP contribution is 2.38. The molecule has 146 valence electrons. The Balaban J connectivity index is 1.89. The smallest absolute Gasteiger partial charge is 0.319 e. The minimum atomic E-state index is -0.364. The molecule has 1 atom stereocenters. The van der Waals surface area contributed by atoms with Gasteiger partial charge in [-0.15, -0.1) is 0 Å². The van der Waals surface area contributed by atoms with Crippen molar-refractivity contribution in [1.29, 1.82) is 0 Å². The summed E-state index contributed by atoms with van der Waals surface area (Å²) in [6.07, 6.45) is 3.64. The lowest BCUT2D eigenvalue weighted by molar-refractivity contribution is -0.142. The van der Waals surface area contributed by atoms with Gasteiger partial charge in [-0.2, -0.15) is 0 Å². The van der Waals surface area contributed by atoms with Crippen LogP contribution in [0.2, 0.25) is 0 Å². The standard InChI is InChI=1S/C23H21N3O2S/c1-3-28-23(27)16(2)29-22-20-19(17-10-6-4-7-11-17)14-26(21(20)24-15-25-22)18-12-8-5-9-13-18/h4-16H,3H2,1-2H3/t16-/m0/s1. The second kappa shape index (κ2) is 8.49. The van der Waals surface area contributed by atoms with Crippen molar-refractivity contribution in [1.82, 2.24) is 14.5 Å². The number of benzene rings is 2. The van der Waals surface area contributed by atoms with E-state index < -0.39 is 0 Å². The lowest BCUT2D eigenvalue weighted by Gasteiger charge is -2.11. The third-order valence-corrected chi connectivity index (χ3v) is 5.65. The van der Waals surface area contributed by atoms with Gasteiger partial charge in [-0.1, -0.05) is 60.3 Å². The number of hydrogen-bond donors (Lipinski definition) is 0. The molecule has 0 spiro atoms. The highest BCUT2D eigenvalue weighted by Gasteiger charge is 2.22. The Bertz CT molecular complexity index is 1130. The van der Waals surface area contributed by atoms with Gasteiger partial charge in [0.2, 0.25) is 0 Å². The van der Waals surface area contributed by atoms with E-state index >= 15 is 0 Å². The highest BCUT2D eigenvalue weighted by atomic mass is 32.2. The van der Waals surface area contributed by atoms with Crippen LogP contribution in [0.3, 0.4) is 0 Å². The van der Waals surface area contributed by atoms with Gasteiger partial charge in [0.05, 0.1) is 12.0 Å². The van der Waals surface area contributed by atoms with Gasteiger partial charge in [0.25, 0.3) is 0 Å². The maximum Gasteiger partial charge on any atom is 0.319 e. The summed E-state index contributed by atoms with van der Waals surface area (Å²) in [5.41, 5.74) is 3.94. The van der Waals surface area contributed by atoms with Crippen molar-refractivity contribution >= 4 is 28.8 Å². The van der Waals surface area contributed by atoms with Crippen LogP contribution in [-0.2, 0) is 9.53 Å². The van der Waals surface area contributed by atoms with Crippen molar-refractivity contribution in [2.24, 2.45) is 0 Å². The first-order valence-corrected chi connectivity index (χ1v) is 10.4. The number of para-hydroxylation sites is 1. The molecule has 0 radical (unpaired) electrons. The number of nitrogens with zero attached hydrogens (tertiary/aromatic N) is 3. The minimum Gasteiger partial charge on any atom is -0.465 e. The predicted molar refractivity (Wildman–Crippen MR) is 116 cm³/mol. The topological polar surface area (TPSA) is 57.0 Å². The maximum absolute atomic E-state index is 12.2. The van der Waals surface area contributed by atoms with Gasteiger partial charge in [-0.3, -0.25) is 4.79 Å². The second-order valence-electron chi connectivity index (χ2n) is 6.50. The van der Waals surface area contributed by atoms with Crippen molar-refractivity contribution in [3.63, 3.8) is 0 Å². The molecule has 0 bridgehead atoms. The first-order valence-electron chi connectivity index (χ1n) is 9.49. The molecule has 0 amide bonds. The lowest BCUT2D eigenvalue weighted by atomic mass is 10.1. The molecule has 0 fully saturated rings. The fourth-order valence-corrected chi connectivity index (χ4v) is 4.15. The molecule has 0 aliphatic rings. The molecule has 0 N–H and O–H groups in total. The third kappa shape index (κ3) is 3.89. The number of esters is 1. The number of carbonyl (C=O) groups is 1. The Morgan fingerprint density at radius 1 is 1.07 bits per heavy atom. The molecule has 2 aromatic carbocycles. The van der Waals surface area contributed by atoms with Gasteiger partial charge in [-0.05, 0) is 31.5 Å². The Morgan fingerprint density at radius 2 is 1.76 bits per heavy atom.